The fourth-order valence-electron chi connectivity index (χ4n) is 2.66. The van der Waals surface area contributed by atoms with Crippen molar-refractivity contribution in [3.8, 4) is 5.75 Å². The topological polar surface area (TPSA) is 58.1 Å². The Labute approximate surface area is 172 Å². The zero-order chi connectivity index (χ0) is 20.9. The lowest BCUT2D eigenvalue weighted by Gasteiger charge is -2.16. The Balaban J connectivity index is 1.76. The highest BCUT2D eigenvalue weighted by Gasteiger charge is 2.03. The fraction of sp³-hybridized carbons (Fsp3) is 0.409. The van der Waals surface area contributed by atoms with Crippen LogP contribution in [0.3, 0.4) is 0 Å². The predicted molar refractivity (Wildman–Crippen MR) is 115 cm³/mol. The van der Waals surface area contributed by atoms with E-state index in [1.807, 2.05) is 37.4 Å². The number of aliphatic imine (C=N–C) groups is 1. The van der Waals surface area contributed by atoms with Gasteiger partial charge in [-0.1, -0.05) is 24.3 Å². The Kier molecular flexibility index (Phi) is 9.95. The van der Waals surface area contributed by atoms with Crippen molar-refractivity contribution in [2.24, 2.45) is 4.99 Å². The number of nitrogens with zero attached hydrogens (tertiary/aromatic N) is 2. The van der Waals surface area contributed by atoms with Gasteiger partial charge in [0, 0.05) is 40.3 Å². The maximum atomic E-state index is 13.3. The quantitative estimate of drug-likeness (QED) is 0.447. The maximum Gasteiger partial charge on any atom is 0.191 e. The van der Waals surface area contributed by atoms with Crippen LogP contribution in [0.25, 0.3) is 0 Å². The van der Waals surface area contributed by atoms with Gasteiger partial charge in [-0.05, 0) is 42.4 Å². The number of guanidine groups is 1. The van der Waals surface area contributed by atoms with Crippen LogP contribution in [0, 0.1) is 5.82 Å². The minimum Gasteiger partial charge on any atom is -0.492 e. The van der Waals surface area contributed by atoms with Crippen molar-refractivity contribution in [3.05, 3.63) is 65.5 Å². The van der Waals surface area contributed by atoms with E-state index in [4.69, 9.17) is 9.47 Å². The number of rotatable bonds is 11. The van der Waals surface area contributed by atoms with Crippen molar-refractivity contribution in [2.45, 2.75) is 13.1 Å². The highest BCUT2D eigenvalue weighted by atomic mass is 19.1. The minimum atomic E-state index is -0.242. The second-order valence-electron chi connectivity index (χ2n) is 6.70. The van der Waals surface area contributed by atoms with Gasteiger partial charge >= 0.3 is 0 Å². The molecule has 2 rings (SSSR count). The molecule has 2 N–H and O–H groups in total. The first-order valence-electron chi connectivity index (χ1n) is 9.69. The Morgan fingerprint density at radius 2 is 1.66 bits per heavy atom. The van der Waals surface area contributed by atoms with E-state index in [-0.39, 0.29) is 5.82 Å². The number of methoxy groups -OCH3 is 1. The van der Waals surface area contributed by atoms with Gasteiger partial charge in [0.15, 0.2) is 5.96 Å². The molecular weight excluding hydrogens is 371 g/mol. The van der Waals surface area contributed by atoms with E-state index < -0.39 is 0 Å². The van der Waals surface area contributed by atoms with E-state index in [1.54, 1.807) is 20.2 Å². The molecule has 29 heavy (non-hydrogen) atoms. The number of halogens is 1. The zero-order valence-corrected chi connectivity index (χ0v) is 17.5. The van der Waals surface area contributed by atoms with Crippen molar-refractivity contribution in [2.75, 3.05) is 47.5 Å². The standard InChI is InChI=1S/C22H31FN4O2/c1-24-22(25-16-18-6-4-8-20(23)14-18)26-17-19-7-5-9-21(15-19)29-13-11-27(2)10-12-28-3/h4-9,14-15H,10-13,16-17H2,1-3H3,(H2,24,25,26). The van der Waals surface area contributed by atoms with Crippen molar-refractivity contribution in [3.63, 3.8) is 0 Å². The normalized spacial score (nSPS) is 11.6. The van der Waals surface area contributed by atoms with Crippen LogP contribution >= 0.6 is 0 Å². The third-order valence-corrected chi connectivity index (χ3v) is 4.35. The average Bonchev–Trinajstić information content (AvgIpc) is 2.73. The Hall–Kier alpha value is -2.64. The van der Waals surface area contributed by atoms with E-state index in [1.165, 1.54) is 12.1 Å². The van der Waals surface area contributed by atoms with Gasteiger partial charge in [0.1, 0.15) is 18.2 Å². The van der Waals surface area contributed by atoms with Crippen LogP contribution in [0.15, 0.2) is 53.5 Å². The monoisotopic (exact) mass is 402 g/mol. The summed E-state index contributed by atoms with van der Waals surface area (Å²) in [4.78, 5) is 6.38. The first-order valence-corrected chi connectivity index (χ1v) is 9.69. The number of nitrogens with one attached hydrogen (secondary N) is 2. The van der Waals surface area contributed by atoms with Crippen molar-refractivity contribution in [1.29, 1.82) is 0 Å². The van der Waals surface area contributed by atoms with E-state index >= 15 is 0 Å². The van der Waals surface area contributed by atoms with Gasteiger partial charge in [0.2, 0.25) is 0 Å². The number of hydrogen-bond acceptors (Lipinski definition) is 4. The van der Waals surface area contributed by atoms with Gasteiger partial charge < -0.3 is 25.0 Å². The molecule has 0 spiro atoms. The molecule has 2 aromatic rings. The third-order valence-electron chi connectivity index (χ3n) is 4.35. The van der Waals surface area contributed by atoms with E-state index in [0.717, 1.165) is 30.0 Å². The van der Waals surface area contributed by atoms with Gasteiger partial charge in [-0.3, -0.25) is 4.99 Å². The lowest BCUT2D eigenvalue weighted by atomic mass is 10.2. The average molecular weight is 403 g/mol. The Morgan fingerprint density at radius 1 is 1.00 bits per heavy atom. The van der Waals surface area contributed by atoms with Gasteiger partial charge in [0.05, 0.1) is 6.61 Å². The molecule has 158 valence electrons. The molecule has 0 aliphatic rings. The highest BCUT2D eigenvalue weighted by molar-refractivity contribution is 5.79. The van der Waals surface area contributed by atoms with Crippen LogP contribution in [0.5, 0.6) is 5.75 Å². The van der Waals surface area contributed by atoms with Gasteiger partial charge in [-0.25, -0.2) is 4.39 Å². The van der Waals surface area contributed by atoms with Crippen LogP contribution in [-0.4, -0.2) is 58.4 Å². The summed E-state index contributed by atoms with van der Waals surface area (Å²) < 4.78 is 24.2. The summed E-state index contributed by atoms with van der Waals surface area (Å²) >= 11 is 0. The summed E-state index contributed by atoms with van der Waals surface area (Å²) in [5, 5.41) is 6.45. The first kappa shape index (κ1) is 22.6. The molecule has 0 saturated carbocycles. The summed E-state index contributed by atoms with van der Waals surface area (Å²) in [6.45, 7) is 4.15. The number of benzene rings is 2. The molecule has 0 heterocycles. The first-order chi connectivity index (χ1) is 14.1. The minimum absolute atomic E-state index is 0.242. The van der Waals surface area contributed by atoms with E-state index in [9.17, 15) is 4.39 Å². The SMILES string of the molecule is CN=C(NCc1cccc(F)c1)NCc1cccc(OCCN(C)CCOC)c1. The predicted octanol–water partition coefficient (Wildman–Crippen LogP) is 2.65. The number of likely N-dealkylation sites (N-methyl/N-ethyl adjacent to an activating group) is 1. The Morgan fingerprint density at radius 3 is 2.31 bits per heavy atom. The van der Waals surface area contributed by atoms with Crippen LogP contribution in [0.2, 0.25) is 0 Å². The van der Waals surface area contributed by atoms with Gasteiger partial charge in [0.25, 0.3) is 0 Å². The largest absolute Gasteiger partial charge is 0.492 e. The molecular formula is C22H31FN4O2. The van der Waals surface area contributed by atoms with Crippen molar-refractivity contribution < 1.29 is 13.9 Å². The highest BCUT2D eigenvalue weighted by Crippen LogP contribution is 2.13. The third kappa shape index (κ3) is 8.93. The second kappa shape index (κ2) is 12.7. The number of ether oxygens (including phenoxy) is 2. The molecule has 7 heteroatoms. The van der Waals surface area contributed by atoms with Crippen LogP contribution in [0.1, 0.15) is 11.1 Å². The van der Waals surface area contributed by atoms with Crippen molar-refractivity contribution >= 4 is 5.96 Å². The molecule has 0 amide bonds. The number of hydrogen-bond donors (Lipinski definition) is 2. The molecule has 0 aliphatic carbocycles. The lowest BCUT2D eigenvalue weighted by molar-refractivity contribution is 0.150. The zero-order valence-electron chi connectivity index (χ0n) is 17.5. The van der Waals surface area contributed by atoms with E-state index in [0.29, 0.717) is 32.3 Å². The molecule has 6 nitrogen and oxygen atoms in total. The molecule has 0 radical (unpaired) electrons. The summed E-state index contributed by atoms with van der Waals surface area (Å²) in [6.07, 6.45) is 0. The summed E-state index contributed by atoms with van der Waals surface area (Å²) in [6, 6.07) is 14.5. The smallest absolute Gasteiger partial charge is 0.191 e. The maximum absolute atomic E-state index is 13.3. The van der Waals surface area contributed by atoms with Gasteiger partial charge in [-0.2, -0.15) is 0 Å². The molecule has 0 bridgehead atoms. The van der Waals surface area contributed by atoms with Crippen LogP contribution in [-0.2, 0) is 17.8 Å². The summed E-state index contributed by atoms with van der Waals surface area (Å²) in [5.74, 6) is 1.25. The fourth-order valence-corrected chi connectivity index (χ4v) is 2.66. The molecule has 0 aliphatic heterocycles. The molecule has 0 aromatic heterocycles. The summed E-state index contributed by atoms with van der Waals surface area (Å²) in [7, 11) is 5.46. The molecule has 0 unspecified atom stereocenters. The lowest BCUT2D eigenvalue weighted by Crippen LogP contribution is -2.36. The molecule has 2 aromatic carbocycles. The second-order valence-corrected chi connectivity index (χ2v) is 6.70. The van der Waals surface area contributed by atoms with E-state index in [2.05, 4.69) is 20.5 Å². The molecule has 0 fully saturated rings. The van der Waals surface area contributed by atoms with Crippen molar-refractivity contribution in [1.82, 2.24) is 15.5 Å². The molecule has 0 saturated heterocycles. The van der Waals surface area contributed by atoms with Crippen LogP contribution in [0.4, 0.5) is 4.39 Å². The van der Waals surface area contributed by atoms with Crippen LogP contribution < -0.4 is 15.4 Å². The Bertz CT molecular complexity index is 770. The summed E-state index contributed by atoms with van der Waals surface area (Å²) in [5.41, 5.74) is 1.95. The molecule has 0 atom stereocenters. The van der Waals surface area contributed by atoms with Gasteiger partial charge in [-0.15, -0.1) is 0 Å².